The molecule has 0 radical (unpaired) electrons. The number of hydrogen-bond acceptors (Lipinski definition) is 5. The molecular weight excluding hydrogens is 358 g/mol. The zero-order valence-corrected chi connectivity index (χ0v) is 15.7. The Morgan fingerprint density at radius 2 is 1.92 bits per heavy atom. The predicted molar refractivity (Wildman–Crippen MR) is 100 cm³/mol. The maximum absolute atomic E-state index is 12.3. The molecule has 25 heavy (non-hydrogen) atoms. The smallest absolute Gasteiger partial charge is 0.251 e. The Hall–Kier alpha value is -1.74. The molecule has 2 aromatic rings. The molecule has 0 saturated heterocycles. The SMILES string of the molecule is CC(N)CCNC(=O)c1ccc(S(=O)(=O)NCCc2cccs2)cc1. The van der Waals surface area contributed by atoms with Gasteiger partial charge in [0.1, 0.15) is 0 Å². The fourth-order valence-electron chi connectivity index (χ4n) is 2.15. The van der Waals surface area contributed by atoms with Gasteiger partial charge in [0.05, 0.1) is 4.90 Å². The van der Waals surface area contributed by atoms with Crippen LogP contribution in [0, 0.1) is 0 Å². The van der Waals surface area contributed by atoms with Crippen molar-refractivity contribution in [1.29, 1.82) is 0 Å². The molecule has 0 bridgehead atoms. The van der Waals surface area contributed by atoms with Gasteiger partial charge in [0.2, 0.25) is 10.0 Å². The van der Waals surface area contributed by atoms with Crippen molar-refractivity contribution >= 4 is 27.3 Å². The van der Waals surface area contributed by atoms with Crippen LogP contribution in [-0.4, -0.2) is 33.5 Å². The number of thiophene rings is 1. The van der Waals surface area contributed by atoms with E-state index in [1.807, 2.05) is 24.4 Å². The molecule has 0 spiro atoms. The van der Waals surface area contributed by atoms with Crippen LogP contribution in [0.4, 0.5) is 0 Å². The van der Waals surface area contributed by atoms with Crippen LogP contribution >= 0.6 is 11.3 Å². The Bertz CT molecular complexity index is 770. The first kappa shape index (κ1) is 19.6. The van der Waals surface area contributed by atoms with E-state index in [0.717, 1.165) is 4.88 Å². The largest absolute Gasteiger partial charge is 0.352 e. The number of carbonyl (C=O) groups excluding carboxylic acids is 1. The molecule has 6 nitrogen and oxygen atoms in total. The van der Waals surface area contributed by atoms with E-state index in [1.165, 1.54) is 24.3 Å². The van der Waals surface area contributed by atoms with Gasteiger partial charge in [0, 0.05) is 29.6 Å². The third kappa shape index (κ3) is 6.24. The highest BCUT2D eigenvalue weighted by molar-refractivity contribution is 7.89. The molecule has 1 heterocycles. The number of nitrogens with two attached hydrogens (primary N) is 1. The average molecular weight is 382 g/mol. The molecule has 1 unspecified atom stereocenters. The number of benzene rings is 1. The van der Waals surface area contributed by atoms with Crippen LogP contribution in [0.3, 0.4) is 0 Å². The second-order valence-corrected chi connectivity index (χ2v) is 8.57. The Morgan fingerprint density at radius 3 is 2.52 bits per heavy atom. The molecule has 0 saturated carbocycles. The van der Waals surface area contributed by atoms with E-state index in [1.54, 1.807) is 11.3 Å². The van der Waals surface area contributed by atoms with E-state index < -0.39 is 10.0 Å². The lowest BCUT2D eigenvalue weighted by Crippen LogP contribution is -2.29. The number of nitrogens with one attached hydrogen (secondary N) is 2. The van der Waals surface area contributed by atoms with E-state index in [4.69, 9.17) is 5.73 Å². The molecular formula is C17H23N3O3S2. The first-order valence-electron chi connectivity index (χ1n) is 8.04. The van der Waals surface area contributed by atoms with Crippen LogP contribution in [0.1, 0.15) is 28.6 Å². The summed E-state index contributed by atoms with van der Waals surface area (Å²) in [6.45, 7) is 2.69. The van der Waals surface area contributed by atoms with Gasteiger partial charge in [-0.1, -0.05) is 6.07 Å². The highest BCUT2D eigenvalue weighted by Crippen LogP contribution is 2.12. The van der Waals surface area contributed by atoms with Crippen LogP contribution in [0.2, 0.25) is 0 Å². The fourth-order valence-corrected chi connectivity index (χ4v) is 3.89. The summed E-state index contributed by atoms with van der Waals surface area (Å²) in [6.07, 6.45) is 1.34. The normalized spacial score (nSPS) is 12.7. The average Bonchev–Trinajstić information content (AvgIpc) is 3.08. The van der Waals surface area contributed by atoms with Crippen LogP contribution in [0.15, 0.2) is 46.7 Å². The summed E-state index contributed by atoms with van der Waals surface area (Å²) in [4.78, 5) is 13.2. The lowest BCUT2D eigenvalue weighted by atomic mass is 10.2. The highest BCUT2D eigenvalue weighted by Gasteiger charge is 2.14. The summed E-state index contributed by atoms with van der Waals surface area (Å²) < 4.78 is 27.1. The number of rotatable bonds is 9. The molecule has 0 aliphatic carbocycles. The van der Waals surface area contributed by atoms with Gasteiger partial charge < -0.3 is 11.1 Å². The zero-order valence-electron chi connectivity index (χ0n) is 14.1. The molecule has 1 aromatic carbocycles. The highest BCUT2D eigenvalue weighted by atomic mass is 32.2. The fraction of sp³-hybridized carbons (Fsp3) is 0.353. The second kappa shape index (κ2) is 9.10. The van der Waals surface area contributed by atoms with Crippen LogP contribution in [0.25, 0.3) is 0 Å². The molecule has 4 N–H and O–H groups in total. The van der Waals surface area contributed by atoms with Crippen molar-refractivity contribution in [1.82, 2.24) is 10.0 Å². The maximum atomic E-state index is 12.3. The van der Waals surface area contributed by atoms with Gasteiger partial charge in [-0.05, 0) is 55.5 Å². The van der Waals surface area contributed by atoms with Gasteiger partial charge in [-0.25, -0.2) is 13.1 Å². The van der Waals surface area contributed by atoms with Gasteiger partial charge in [-0.15, -0.1) is 11.3 Å². The number of hydrogen-bond donors (Lipinski definition) is 3. The summed E-state index contributed by atoms with van der Waals surface area (Å²) in [5.74, 6) is -0.241. The molecule has 8 heteroatoms. The summed E-state index contributed by atoms with van der Waals surface area (Å²) in [5, 5.41) is 4.72. The Labute approximate surface area is 152 Å². The lowest BCUT2D eigenvalue weighted by Gasteiger charge is -2.09. The van der Waals surface area contributed by atoms with Crippen molar-refractivity contribution in [2.45, 2.75) is 30.7 Å². The van der Waals surface area contributed by atoms with Gasteiger partial charge >= 0.3 is 0 Å². The van der Waals surface area contributed by atoms with Gasteiger partial charge in [0.25, 0.3) is 5.91 Å². The van der Waals surface area contributed by atoms with Gasteiger partial charge in [0.15, 0.2) is 0 Å². The number of amides is 1. The monoisotopic (exact) mass is 381 g/mol. The topological polar surface area (TPSA) is 101 Å². The standard InChI is InChI=1S/C17H23N3O3S2/c1-13(18)8-10-19-17(21)14-4-6-16(7-5-14)25(22,23)20-11-9-15-3-2-12-24-15/h2-7,12-13,20H,8-11,18H2,1H3,(H,19,21). The summed E-state index contributed by atoms with van der Waals surface area (Å²) in [5.41, 5.74) is 6.05. The first-order chi connectivity index (χ1) is 11.9. The summed E-state index contributed by atoms with van der Waals surface area (Å²) in [6, 6.07) is 9.82. The molecule has 1 aromatic heterocycles. The van der Waals surface area contributed by atoms with E-state index in [9.17, 15) is 13.2 Å². The van der Waals surface area contributed by atoms with Crippen molar-refractivity contribution in [3.05, 3.63) is 52.2 Å². The zero-order chi connectivity index (χ0) is 18.3. The van der Waals surface area contributed by atoms with Crippen molar-refractivity contribution in [2.75, 3.05) is 13.1 Å². The van der Waals surface area contributed by atoms with E-state index in [-0.39, 0.29) is 16.8 Å². The molecule has 1 atom stereocenters. The Morgan fingerprint density at radius 1 is 1.20 bits per heavy atom. The van der Waals surface area contributed by atoms with Gasteiger partial charge in [-0.2, -0.15) is 0 Å². The quantitative estimate of drug-likeness (QED) is 0.616. The number of carbonyl (C=O) groups is 1. The van der Waals surface area contributed by atoms with Gasteiger partial charge in [-0.3, -0.25) is 4.79 Å². The third-order valence-electron chi connectivity index (χ3n) is 3.56. The second-order valence-electron chi connectivity index (χ2n) is 5.77. The van der Waals surface area contributed by atoms with Crippen molar-refractivity contribution in [3.63, 3.8) is 0 Å². The number of sulfonamides is 1. The Balaban J connectivity index is 1.90. The molecule has 0 aliphatic rings. The minimum Gasteiger partial charge on any atom is -0.352 e. The first-order valence-corrected chi connectivity index (χ1v) is 10.4. The van der Waals surface area contributed by atoms with Crippen molar-refractivity contribution in [2.24, 2.45) is 5.73 Å². The van der Waals surface area contributed by atoms with E-state index in [2.05, 4.69) is 10.0 Å². The van der Waals surface area contributed by atoms with Crippen LogP contribution < -0.4 is 15.8 Å². The molecule has 136 valence electrons. The predicted octanol–water partition coefficient (Wildman–Crippen LogP) is 1.74. The lowest BCUT2D eigenvalue weighted by molar-refractivity contribution is 0.0952. The van der Waals surface area contributed by atoms with E-state index >= 15 is 0 Å². The molecule has 0 aliphatic heterocycles. The van der Waals surface area contributed by atoms with Crippen molar-refractivity contribution in [3.8, 4) is 0 Å². The maximum Gasteiger partial charge on any atom is 0.251 e. The molecule has 2 rings (SSSR count). The van der Waals surface area contributed by atoms with E-state index in [0.29, 0.717) is 31.5 Å². The Kier molecular flexibility index (Phi) is 7.12. The minimum atomic E-state index is -3.58. The van der Waals surface area contributed by atoms with Crippen LogP contribution in [-0.2, 0) is 16.4 Å². The summed E-state index contributed by atoms with van der Waals surface area (Å²) >= 11 is 1.60. The van der Waals surface area contributed by atoms with Crippen LogP contribution in [0.5, 0.6) is 0 Å². The molecule has 1 amide bonds. The van der Waals surface area contributed by atoms with Crippen molar-refractivity contribution < 1.29 is 13.2 Å². The third-order valence-corrected chi connectivity index (χ3v) is 5.97. The molecule has 0 fully saturated rings. The minimum absolute atomic E-state index is 0.0214. The summed E-state index contributed by atoms with van der Waals surface area (Å²) in [7, 11) is -3.58.